The summed E-state index contributed by atoms with van der Waals surface area (Å²) in [6.45, 7) is 0.211. The summed E-state index contributed by atoms with van der Waals surface area (Å²) >= 11 is -2.31. The molecule has 8 heteroatoms. The van der Waals surface area contributed by atoms with E-state index in [9.17, 15) is 22.7 Å². The van der Waals surface area contributed by atoms with Crippen molar-refractivity contribution in [2.24, 2.45) is 5.92 Å². The Kier molecular flexibility index (Phi) is 4.69. The molecule has 1 heterocycles. The van der Waals surface area contributed by atoms with Crippen molar-refractivity contribution in [2.75, 3.05) is 18.6 Å². The zero-order valence-corrected chi connectivity index (χ0v) is 12.0. The van der Waals surface area contributed by atoms with Crippen LogP contribution in [0.3, 0.4) is 0 Å². The topological polar surface area (TPSA) is 86.7 Å². The molecule has 1 fully saturated rings. The van der Waals surface area contributed by atoms with Gasteiger partial charge in [0.1, 0.15) is 11.7 Å². The van der Waals surface area contributed by atoms with Gasteiger partial charge < -0.3 is 14.2 Å². The fourth-order valence-corrected chi connectivity index (χ4v) is 2.73. The lowest BCUT2D eigenvalue weighted by molar-refractivity contribution is -0.148. The van der Waals surface area contributed by atoms with Gasteiger partial charge in [0, 0.05) is 12.3 Å². The van der Waals surface area contributed by atoms with Crippen LogP contribution in [0.1, 0.15) is 12.0 Å². The standard InChI is InChI=1S/C13H14FNO5S/c1-20-13(17)9-4-5-15(12(9)16)11-3-2-8(6-10(11)14)7-21(18)19/h2-3,6,9H,4-5,7H2,1H3,(H,18,19)/p-1. The van der Waals surface area contributed by atoms with Crippen LogP contribution < -0.4 is 4.90 Å². The summed E-state index contributed by atoms with van der Waals surface area (Å²) in [6, 6.07) is 3.85. The Morgan fingerprint density at radius 1 is 1.57 bits per heavy atom. The largest absolute Gasteiger partial charge is 0.772 e. The first-order valence-corrected chi connectivity index (χ1v) is 7.42. The van der Waals surface area contributed by atoms with E-state index in [1.807, 2.05) is 0 Å². The molecule has 0 N–H and O–H groups in total. The van der Waals surface area contributed by atoms with Crippen molar-refractivity contribution in [3.63, 3.8) is 0 Å². The van der Waals surface area contributed by atoms with Gasteiger partial charge in [-0.3, -0.25) is 13.8 Å². The van der Waals surface area contributed by atoms with Gasteiger partial charge in [-0.15, -0.1) is 0 Å². The molecule has 2 rings (SSSR count). The first-order chi connectivity index (χ1) is 9.93. The van der Waals surface area contributed by atoms with Crippen molar-refractivity contribution in [2.45, 2.75) is 12.2 Å². The van der Waals surface area contributed by atoms with E-state index in [4.69, 9.17) is 0 Å². The van der Waals surface area contributed by atoms with Gasteiger partial charge in [-0.25, -0.2) is 4.39 Å². The van der Waals surface area contributed by atoms with E-state index in [1.165, 1.54) is 24.1 Å². The molecule has 1 aromatic carbocycles. The molecule has 1 aromatic rings. The van der Waals surface area contributed by atoms with E-state index in [2.05, 4.69) is 4.74 Å². The van der Waals surface area contributed by atoms with Crippen molar-refractivity contribution in [1.82, 2.24) is 0 Å². The molecule has 21 heavy (non-hydrogen) atoms. The van der Waals surface area contributed by atoms with Gasteiger partial charge in [0.25, 0.3) is 0 Å². The summed E-state index contributed by atoms with van der Waals surface area (Å²) in [5.74, 6) is -3.06. The maximum atomic E-state index is 14.0. The monoisotopic (exact) mass is 314 g/mol. The number of methoxy groups -OCH3 is 1. The summed E-state index contributed by atoms with van der Waals surface area (Å²) in [4.78, 5) is 24.7. The second-order valence-electron chi connectivity index (χ2n) is 4.59. The van der Waals surface area contributed by atoms with Crippen molar-refractivity contribution in [3.05, 3.63) is 29.6 Å². The van der Waals surface area contributed by atoms with Crippen LogP contribution in [0.2, 0.25) is 0 Å². The number of nitrogens with zero attached hydrogens (tertiary/aromatic N) is 1. The van der Waals surface area contributed by atoms with Crippen LogP contribution in [0.15, 0.2) is 18.2 Å². The summed E-state index contributed by atoms with van der Waals surface area (Å²) in [5.41, 5.74) is 0.326. The van der Waals surface area contributed by atoms with Gasteiger partial charge in [0.05, 0.1) is 12.8 Å². The normalized spacial score (nSPS) is 19.7. The number of rotatable bonds is 4. The van der Waals surface area contributed by atoms with Crippen LogP contribution in [0.5, 0.6) is 0 Å². The summed E-state index contributed by atoms with van der Waals surface area (Å²) < 4.78 is 39.7. The number of carbonyl (C=O) groups is 2. The minimum Gasteiger partial charge on any atom is -0.772 e. The van der Waals surface area contributed by atoms with Gasteiger partial charge in [-0.05, 0) is 24.1 Å². The Labute approximate surface area is 123 Å². The third-order valence-electron chi connectivity index (χ3n) is 3.28. The highest BCUT2D eigenvalue weighted by molar-refractivity contribution is 7.78. The predicted molar refractivity (Wildman–Crippen MR) is 71.5 cm³/mol. The zero-order valence-electron chi connectivity index (χ0n) is 11.2. The number of anilines is 1. The van der Waals surface area contributed by atoms with E-state index in [1.54, 1.807) is 0 Å². The first-order valence-electron chi connectivity index (χ1n) is 6.17. The van der Waals surface area contributed by atoms with Crippen LogP contribution in [0, 0.1) is 11.7 Å². The molecule has 1 aliphatic rings. The van der Waals surface area contributed by atoms with Gasteiger partial charge >= 0.3 is 5.97 Å². The quantitative estimate of drug-likeness (QED) is 0.464. The SMILES string of the molecule is COC(=O)C1CCN(c2ccc(CS(=O)[O-])cc2F)C1=O. The van der Waals surface area contributed by atoms with E-state index < -0.39 is 34.7 Å². The van der Waals surface area contributed by atoms with Gasteiger partial charge in [-0.2, -0.15) is 0 Å². The van der Waals surface area contributed by atoms with E-state index in [0.29, 0.717) is 5.56 Å². The van der Waals surface area contributed by atoms with Gasteiger partial charge in [-0.1, -0.05) is 17.1 Å². The van der Waals surface area contributed by atoms with Crippen LogP contribution in [-0.2, 0) is 31.2 Å². The molecule has 1 saturated heterocycles. The van der Waals surface area contributed by atoms with E-state index in [0.717, 1.165) is 6.07 Å². The fourth-order valence-electron chi connectivity index (χ4n) is 2.28. The molecule has 0 saturated carbocycles. The number of amides is 1. The Morgan fingerprint density at radius 2 is 2.29 bits per heavy atom. The molecule has 114 valence electrons. The molecule has 6 nitrogen and oxygen atoms in total. The number of esters is 1. The van der Waals surface area contributed by atoms with Crippen molar-refractivity contribution in [1.29, 1.82) is 0 Å². The lowest BCUT2D eigenvalue weighted by atomic mass is 10.1. The average molecular weight is 314 g/mol. The lowest BCUT2D eigenvalue weighted by Crippen LogP contribution is -2.31. The average Bonchev–Trinajstić information content (AvgIpc) is 2.79. The molecule has 2 unspecified atom stereocenters. The number of halogens is 1. The number of hydrogen-bond acceptors (Lipinski definition) is 5. The van der Waals surface area contributed by atoms with Gasteiger partial charge in [0.2, 0.25) is 5.91 Å². The van der Waals surface area contributed by atoms with Gasteiger partial charge in [0.15, 0.2) is 0 Å². The highest BCUT2D eigenvalue weighted by Gasteiger charge is 2.39. The summed E-state index contributed by atoms with van der Waals surface area (Å²) in [7, 11) is 1.19. The Balaban J connectivity index is 2.21. The number of ether oxygens (including phenoxy) is 1. The second-order valence-corrected chi connectivity index (χ2v) is 5.48. The van der Waals surface area contributed by atoms with Crippen LogP contribution in [0.4, 0.5) is 10.1 Å². The highest BCUT2D eigenvalue weighted by atomic mass is 32.2. The second kappa shape index (κ2) is 6.31. The molecule has 0 spiro atoms. The third kappa shape index (κ3) is 3.27. The molecular weight excluding hydrogens is 301 g/mol. The summed E-state index contributed by atoms with van der Waals surface area (Å²) in [5, 5.41) is 0. The van der Waals surface area contributed by atoms with Crippen LogP contribution in [0.25, 0.3) is 0 Å². The molecular formula is C13H13FNO5S-. The number of hydrogen-bond donors (Lipinski definition) is 0. The van der Waals surface area contributed by atoms with Crippen LogP contribution in [-0.4, -0.2) is 34.3 Å². The van der Waals surface area contributed by atoms with Crippen molar-refractivity contribution < 1.29 is 27.5 Å². The maximum Gasteiger partial charge on any atom is 0.318 e. The zero-order chi connectivity index (χ0) is 15.6. The maximum absolute atomic E-state index is 14.0. The number of benzene rings is 1. The molecule has 0 aromatic heterocycles. The third-order valence-corrected chi connectivity index (χ3v) is 3.85. The molecule has 1 amide bonds. The Hall–Kier alpha value is -1.80. The first kappa shape index (κ1) is 15.6. The molecule has 0 aliphatic carbocycles. The minimum atomic E-state index is -2.31. The highest BCUT2D eigenvalue weighted by Crippen LogP contribution is 2.28. The lowest BCUT2D eigenvalue weighted by Gasteiger charge is -2.18. The smallest absolute Gasteiger partial charge is 0.318 e. The minimum absolute atomic E-state index is 0.0341. The van der Waals surface area contributed by atoms with Crippen molar-refractivity contribution >= 4 is 28.6 Å². The van der Waals surface area contributed by atoms with Crippen molar-refractivity contribution in [3.8, 4) is 0 Å². The van der Waals surface area contributed by atoms with E-state index >= 15 is 0 Å². The number of carbonyl (C=O) groups excluding carboxylic acids is 2. The predicted octanol–water partition coefficient (Wildman–Crippen LogP) is 0.731. The molecule has 1 aliphatic heterocycles. The molecule has 2 atom stereocenters. The molecule has 0 bridgehead atoms. The Bertz CT molecular complexity index is 606. The van der Waals surface area contributed by atoms with E-state index in [-0.39, 0.29) is 24.4 Å². The fraction of sp³-hybridized carbons (Fsp3) is 0.385. The van der Waals surface area contributed by atoms with Crippen LogP contribution >= 0.6 is 0 Å². The molecule has 0 radical (unpaired) electrons. The summed E-state index contributed by atoms with van der Waals surface area (Å²) in [6.07, 6.45) is 0.261. The Morgan fingerprint density at radius 3 is 2.86 bits per heavy atom.